The summed E-state index contributed by atoms with van der Waals surface area (Å²) in [5.74, 6) is 1.96. The Bertz CT molecular complexity index is 503. The van der Waals surface area contributed by atoms with Crippen molar-refractivity contribution < 1.29 is 9.53 Å². The molecule has 5 atom stereocenters. The third kappa shape index (κ3) is 1.77. The van der Waals surface area contributed by atoms with E-state index >= 15 is 0 Å². The van der Waals surface area contributed by atoms with Crippen molar-refractivity contribution in [3.8, 4) is 12.8 Å². The number of carbonyl (C=O) groups excluding carboxylic acids is 1. The highest BCUT2D eigenvalue weighted by Gasteiger charge is 2.69. The van der Waals surface area contributed by atoms with Gasteiger partial charge in [-0.15, -0.1) is 12.8 Å². The lowest BCUT2D eigenvalue weighted by Crippen LogP contribution is -2.36. The molecule has 120 valence electrons. The SMILES string of the molecule is C#C.NC[C@@H]1C(=O)O[C@H]2C1CCC1(CC1)C1CCC3(CC3)C12. The monoisotopic (exact) mass is 301 g/mol. The summed E-state index contributed by atoms with van der Waals surface area (Å²) in [5, 5.41) is 0. The molecule has 4 saturated carbocycles. The summed E-state index contributed by atoms with van der Waals surface area (Å²) < 4.78 is 5.94. The van der Waals surface area contributed by atoms with E-state index in [1.54, 1.807) is 0 Å². The maximum atomic E-state index is 12.2. The third-order valence-corrected chi connectivity index (χ3v) is 7.74. The van der Waals surface area contributed by atoms with E-state index in [1.807, 2.05) is 0 Å². The van der Waals surface area contributed by atoms with E-state index in [2.05, 4.69) is 12.8 Å². The van der Waals surface area contributed by atoms with Gasteiger partial charge >= 0.3 is 5.97 Å². The molecule has 5 aliphatic rings. The molecule has 1 aliphatic heterocycles. The Morgan fingerprint density at radius 1 is 1.05 bits per heavy atom. The van der Waals surface area contributed by atoms with Crippen LogP contribution in [0.2, 0.25) is 0 Å². The minimum Gasteiger partial charge on any atom is -0.461 e. The second-order valence-electron chi connectivity index (χ2n) is 8.34. The summed E-state index contributed by atoms with van der Waals surface area (Å²) in [7, 11) is 0. The largest absolute Gasteiger partial charge is 0.461 e. The van der Waals surface area contributed by atoms with Gasteiger partial charge in [0, 0.05) is 18.4 Å². The van der Waals surface area contributed by atoms with Crippen LogP contribution in [-0.2, 0) is 9.53 Å². The molecule has 5 rings (SSSR count). The molecule has 5 fully saturated rings. The fraction of sp³-hybridized carbons (Fsp3) is 0.842. The van der Waals surface area contributed by atoms with Crippen molar-refractivity contribution >= 4 is 5.97 Å². The standard InChI is InChI=1S/C17H25NO2.C2H2/c18-9-11-10-1-3-16(5-6-16)12-2-4-17(7-8-17)13(12)14(10)20-15(11)19;1-2/h10-14H,1-9,18H2;1-2H/t10?,11-,12?,13?,14-;/m0./s1. The summed E-state index contributed by atoms with van der Waals surface area (Å²) in [6.45, 7) is 0.484. The summed E-state index contributed by atoms with van der Waals surface area (Å²) in [6.07, 6.45) is 19.2. The van der Waals surface area contributed by atoms with Gasteiger partial charge < -0.3 is 10.5 Å². The van der Waals surface area contributed by atoms with Gasteiger partial charge in [0.05, 0.1) is 5.92 Å². The highest BCUT2D eigenvalue weighted by molar-refractivity contribution is 5.75. The van der Waals surface area contributed by atoms with Crippen molar-refractivity contribution in [3.63, 3.8) is 0 Å². The lowest BCUT2D eigenvalue weighted by molar-refractivity contribution is -0.147. The van der Waals surface area contributed by atoms with Crippen LogP contribution in [0.1, 0.15) is 51.4 Å². The molecule has 0 radical (unpaired) electrons. The molecular formula is C19H27NO2. The number of esters is 1. The molecular weight excluding hydrogens is 274 g/mol. The molecule has 3 unspecified atom stereocenters. The molecule has 0 bridgehead atoms. The second-order valence-corrected chi connectivity index (χ2v) is 8.34. The minimum absolute atomic E-state index is 0.00838. The molecule has 1 saturated heterocycles. The lowest BCUT2D eigenvalue weighted by Gasteiger charge is -2.33. The van der Waals surface area contributed by atoms with E-state index in [0.29, 0.717) is 29.2 Å². The van der Waals surface area contributed by atoms with Crippen LogP contribution in [-0.4, -0.2) is 18.6 Å². The van der Waals surface area contributed by atoms with Crippen LogP contribution in [0.4, 0.5) is 0 Å². The smallest absolute Gasteiger partial charge is 0.310 e. The van der Waals surface area contributed by atoms with Gasteiger partial charge in [-0.05, 0) is 68.1 Å². The van der Waals surface area contributed by atoms with Gasteiger partial charge in [0.2, 0.25) is 0 Å². The number of hydrogen-bond donors (Lipinski definition) is 1. The van der Waals surface area contributed by atoms with Crippen LogP contribution >= 0.6 is 0 Å². The lowest BCUT2D eigenvalue weighted by atomic mass is 9.73. The molecule has 2 spiro atoms. The van der Waals surface area contributed by atoms with Crippen molar-refractivity contribution in [2.24, 2.45) is 40.2 Å². The van der Waals surface area contributed by atoms with Crippen molar-refractivity contribution in [2.75, 3.05) is 6.54 Å². The number of ether oxygens (including phenoxy) is 1. The Balaban J connectivity index is 0.000000602. The fourth-order valence-corrected chi connectivity index (χ4v) is 6.33. The van der Waals surface area contributed by atoms with Gasteiger partial charge in [-0.1, -0.05) is 0 Å². The number of carbonyl (C=O) groups is 1. The third-order valence-electron chi connectivity index (χ3n) is 7.74. The molecule has 0 aromatic heterocycles. The Hall–Kier alpha value is -1.01. The Labute approximate surface area is 133 Å². The average Bonchev–Trinajstić information content (AvgIpc) is 3.41. The van der Waals surface area contributed by atoms with Crippen LogP contribution in [0.15, 0.2) is 0 Å². The van der Waals surface area contributed by atoms with Crippen LogP contribution in [0, 0.1) is 47.3 Å². The van der Waals surface area contributed by atoms with E-state index in [-0.39, 0.29) is 18.0 Å². The quantitative estimate of drug-likeness (QED) is 0.598. The zero-order valence-electron chi connectivity index (χ0n) is 13.3. The van der Waals surface area contributed by atoms with Gasteiger partial charge in [0.15, 0.2) is 0 Å². The maximum absolute atomic E-state index is 12.2. The van der Waals surface area contributed by atoms with Crippen molar-refractivity contribution in [2.45, 2.75) is 57.5 Å². The predicted molar refractivity (Wildman–Crippen MR) is 84.6 cm³/mol. The first kappa shape index (κ1) is 14.6. The van der Waals surface area contributed by atoms with Gasteiger partial charge in [-0.2, -0.15) is 0 Å². The zero-order chi connectivity index (χ0) is 15.5. The summed E-state index contributed by atoms with van der Waals surface area (Å²) in [4.78, 5) is 12.2. The van der Waals surface area contributed by atoms with Crippen LogP contribution < -0.4 is 5.73 Å². The topological polar surface area (TPSA) is 52.3 Å². The van der Waals surface area contributed by atoms with E-state index in [0.717, 1.165) is 5.92 Å². The molecule has 3 nitrogen and oxygen atoms in total. The number of terminal acetylenes is 1. The second kappa shape index (κ2) is 4.74. The summed E-state index contributed by atoms with van der Waals surface area (Å²) >= 11 is 0. The molecule has 0 amide bonds. The fourth-order valence-electron chi connectivity index (χ4n) is 6.33. The molecule has 1 heterocycles. The first-order chi connectivity index (χ1) is 10.7. The molecule has 0 aromatic carbocycles. The minimum atomic E-state index is -0.00838. The van der Waals surface area contributed by atoms with Crippen LogP contribution in [0.3, 0.4) is 0 Å². The highest BCUT2D eigenvalue weighted by atomic mass is 16.6. The predicted octanol–water partition coefficient (Wildman–Crippen LogP) is 2.73. The van der Waals surface area contributed by atoms with Crippen molar-refractivity contribution in [3.05, 3.63) is 0 Å². The molecule has 3 heteroatoms. The first-order valence-electron chi connectivity index (χ1n) is 8.93. The molecule has 4 aliphatic carbocycles. The van der Waals surface area contributed by atoms with E-state index < -0.39 is 0 Å². The van der Waals surface area contributed by atoms with Crippen LogP contribution in [0.5, 0.6) is 0 Å². The van der Waals surface area contributed by atoms with Gasteiger partial charge in [0.25, 0.3) is 0 Å². The number of nitrogens with two attached hydrogens (primary N) is 1. The van der Waals surface area contributed by atoms with Crippen molar-refractivity contribution in [1.29, 1.82) is 0 Å². The number of rotatable bonds is 1. The van der Waals surface area contributed by atoms with E-state index in [4.69, 9.17) is 10.5 Å². The highest BCUT2D eigenvalue weighted by Crippen LogP contribution is 2.74. The van der Waals surface area contributed by atoms with E-state index in [1.165, 1.54) is 51.4 Å². The summed E-state index contributed by atoms with van der Waals surface area (Å²) in [6, 6.07) is 0. The average molecular weight is 301 g/mol. The maximum Gasteiger partial charge on any atom is 0.310 e. The van der Waals surface area contributed by atoms with Gasteiger partial charge in [-0.25, -0.2) is 0 Å². The number of fused-ring (bicyclic) bond motifs is 5. The van der Waals surface area contributed by atoms with E-state index in [9.17, 15) is 4.79 Å². The molecule has 0 aromatic rings. The van der Waals surface area contributed by atoms with Gasteiger partial charge in [-0.3, -0.25) is 4.79 Å². The molecule has 22 heavy (non-hydrogen) atoms. The first-order valence-corrected chi connectivity index (χ1v) is 8.93. The normalized spacial score (nSPS) is 45.2. The zero-order valence-corrected chi connectivity index (χ0v) is 13.3. The Kier molecular flexibility index (Phi) is 3.14. The Morgan fingerprint density at radius 2 is 1.68 bits per heavy atom. The Morgan fingerprint density at radius 3 is 2.27 bits per heavy atom. The summed E-state index contributed by atoms with van der Waals surface area (Å²) in [5.41, 5.74) is 7.10. The number of hydrogen-bond acceptors (Lipinski definition) is 3. The molecule has 2 N–H and O–H groups in total. The van der Waals surface area contributed by atoms with Crippen molar-refractivity contribution in [1.82, 2.24) is 0 Å². The van der Waals surface area contributed by atoms with Crippen LogP contribution in [0.25, 0.3) is 0 Å². The van der Waals surface area contributed by atoms with Gasteiger partial charge in [0.1, 0.15) is 6.10 Å².